The first kappa shape index (κ1) is 16.2. The molecule has 0 fully saturated rings. The summed E-state index contributed by atoms with van der Waals surface area (Å²) in [5.41, 5.74) is 0.904. The van der Waals surface area contributed by atoms with Crippen LogP contribution in [0.15, 0.2) is 15.5 Å². The van der Waals surface area contributed by atoms with Crippen molar-refractivity contribution in [1.29, 1.82) is 0 Å². The highest BCUT2D eigenvalue weighted by Crippen LogP contribution is 2.26. The van der Waals surface area contributed by atoms with Crippen LogP contribution in [0.4, 0.5) is 5.69 Å². The standard InChI is InChI=1S/C14H24BrN3O/c1-9(2)18-13(19)12(15)11(8-17-18)16-7-10(3)14(4,5)6/h8-10,16H,7H2,1-6H3. The second-order valence-corrected chi connectivity index (χ2v) is 7.16. The van der Waals surface area contributed by atoms with Gasteiger partial charge in [-0.2, -0.15) is 5.10 Å². The van der Waals surface area contributed by atoms with E-state index in [9.17, 15) is 4.79 Å². The molecule has 0 saturated heterocycles. The van der Waals surface area contributed by atoms with Gasteiger partial charge in [0.15, 0.2) is 0 Å². The number of anilines is 1. The zero-order valence-corrected chi connectivity index (χ0v) is 14.2. The van der Waals surface area contributed by atoms with Crippen molar-refractivity contribution in [2.75, 3.05) is 11.9 Å². The summed E-state index contributed by atoms with van der Waals surface area (Å²) in [5.74, 6) is 0.493. The van der Waals surface area contributed by atoms with Gasteiger partial charge in [-0.3, -0.25) is 4.79 Å². The molecule has 5 heteroatoms. The van der Waals surface area contributed by atoms with Crippen LogP contribution < -0.4 is 10.9 Å². The molecule has 0 saturated carbocycles. The Morgan fingerprint density at radius 1 is 1.37 bits per heavy atom. The Balaban J connectivity index is 2.87. The van der Waals surface area contributed by atoms with E-state index < -0.39 is 0 Å². The normalized spacial score (nSPS) is 13.7. The fourth-order valence-corrected chi connectivity index (χ4v) is 1.93. The minimum Gasteiger partial charge on any atom is -0.382 e. The Morgan fingerprint density at radius 2 is 1.95 bits per heavy atom. The molecular weight excluding hydrogens is 306 g/mol. The van der Waals surface area contributed by atoms with Crippen LogP contribution in [0.1, 0.15) is 47.6 Å². The number of nitrogens with one attached hydrogen (secondary N) is 1. The fraction of sp³-hybridized carbons (Fsp3) is 0.714. The van der Waals surface area contributed by atoms with Crippen LogP contribution in [-0.2, 0) is 0 Å². The number of nitrogens with zero attached hydrogens (tertiary/aromatic N) is 2. The van der Waals surface area contributed by atoms with Crippen LogP contribution in [0.2, 0.25) is 0 Å². The lowest BCUT2D eigenvalue weighted by Crippen LogP contribution is -2.28. The van der Waals surface area contributed by atoms with E-state index in [1.165, 1.54) is 4.68 Å². The molecule has 0 aliphatic heterocycles. The lowest BCUT2D eigenvalue weighted by molar-refractivity contribution is 0.274. The second-order valence-electron chi connectivity index (χ2n) is 6.36. The molecule has 0 spiro atoms. The molecule has 1 atom stereocenters. The van der Waals surface area contributed by atoms with E-state index >= 15 is 0 Å². The van der Waals surface area contributed by atoms with Crippen LogP contribution in [0.3, 0.4) is 0 Å². The monoisotopic (exact) mass is 329 g/mol. The topological polar surface area (TPSA) is 46.9 Å². The third-order valence-corrected chi connectivity index (χ3v) is 4.28. The molecule has 0 bridgehead atoms. The molecule has 1 aromatic rings. The molecule has 1 N–H and O–H groups in total. The van der Waals surface area contributed by atoms with Crippen molar-refractivity contribution in [2.24, 2.45) is 11.3 Å². The summed E-state index contributed by atoms with van der Waals surface area (Å²) < 4.78 is 2.03. The van der Waals surface area contributed by atoms with Gasteiger partial charge in [-0.1, -0.05) is 27.7 Å². The first-order valence-electron chi connectivity index (χ1n) is 6.65. The molecule has 0 aliphatic carbocycles. The summed E-state index contributed by atoms with van der Waals surface area (Å²) in [4.78, 5) is 12.1. The lowest BCUT2D eigenvalue weighted by atomic mass is 9.82. The average Bonchev–Trinajstić information content (AvgIpc) is 2.28. The summed E-state index contributed by atoms with van der Waals surface area (Å²) in [5, 5.41) is 7.49. The Kier molecular flexibility index (Phi) is 5.18. The molecule has 0 radical (unpaired) electrons. The lowest BCUT2D eigenvalue weighted by Gasteiger charge is -2.27. The van der Waals surface area contributed by atoms with Gasteiger partial charge in [0.25, 0.3) is 5.56 Å². The smallest absolute Gasteiger partial charge is 0.283 e. The van der Waals surface area contributed by atoms with Gasteiger partial charge in [0.05, 0.1) is 17.9 Å². The van der Waals surface area contributed by atoms with Crippen LogP contribution in [-0.4, -0.2) is 16.3 Å². The van der Waals surface area contributed by atoms with E-state index in [2.05, 4.69) is 54.0 Å². The summed E-state index contributed by atoms with van der Waals surface area (Å²) >= 11 is 3.36. The summed E-state index contributed by atoms with van der Waals surface area (Å²) in [7, 11) is 0. The fourth-order valence-electron chi connectivity index (χ4n) is 1.51. The van der Waals surface area contributed by atoms with Crippen LogP contribution in [0, 0.1) is 11.3 Å². The zero-order chi connectivity index (χ0) is 14.8. The number of hydrogen-bond acceptors (Lipinski definition) is 3. The molecule has 0 amide bonds. The highest BCUT2D eigenvalue weighted by Gasteiger charge is 2.20. The van der Waals surface area contributed by atoms with Crippen LogP contribution >= 0.6 is 15.9 Å². The Bertz CT molecular complexity index is 488. The average molecular weight is 330 g/mol. The van der Waals surface area contributed by atoms with E-state index in [0.29, 0.717) is 10.4 Å². The molecule has 19 heavy (non-hydrogen) atoms. The molecule has 1 unspecified atom stereocenters. The Labute approximate surface area is 123 Å². The van der Waals surface area contributed by atoms with Gasteiger partial charge in [0, 0.05) is 6.54 Å². The van der Waals surface area contributed by atoms with Crippen LogP contribution in [0.25, 0.3) is 0 Å². The minimum absolute atomic E-state index is 0.0614. The predicted octanol–water partition coefficient (Wildman–Crippen LogP) is 3.68. The maximum atomic E-state index is 12.1. The Morgan fingerprint density at radius 3 is 2.42 bits per heavy atom. The summed E-state index contributed by atoms with van der Waals surface area (Å²) in [6.07, 6.45) is 1.71. The number of halogens is 1. The molecule has 0 aromatic carbocycles. The van der Waals surface area contributed by atoms with Gasteiger partial charge in [-0.05, 0) is 41.1 Å². The molecule has 0 aliphatic rings. The molecule has 108 valence electrons. The van der Waals surface area contributed by atoms with Gasteiger partial charge in [-0.15, -0.1) is 0 Å². The Hall–Kier alpha value is -0.840. The second kappa shape index (κ2) is 6.07. The quantitative estimate of drug-likeness (QED) is 0.916. The maximum Gasteiger partial charge on any atom is 0.283 e. The maximum absolute atomic E-state index is 12.1. The minimum atomic E-state index is -0.0941. The largest absolute Gasteiger partial charge is 0.382 e. The van der Waals surface area contributed by atoms with Crippen molar-refractivity contribution in [3.8, 4) is 0 Å². The molecule has 1 heterocycles. The number of rotatable bonds is 4. The van der Waals surface area contributed by atoms with E-state index in [4.69, 9.17) is 0 Å². The molecular formula is C14H24BrN3O. The van der Waals surface area contributed by atoms with Crippen molar-refractivity contribution < 1.29 is 0 Å². The van der Waals surface area contributed by atoms with Gasteiger partial charge in [-0.25, -0.2) is 4.68 Å². The molecule has 1 aromatic heterocycles. The summed E-state index contributed by atoms with van der Waals surface area (Å²) in [6, 6.07) is 0.0614. The molecule has 4 nitrogen and oxygen atoms in total. The SMILES string of the molecule is CC(C)n1ncc(NCC(C)C(C)(C)C)c(Br)c1=O. The van der Waals surface area contributed by atoms with Gasteiger partial charge in [0.1, 0.15) is 4.47 Å². The van der Waals surface area contributed by atoms with E-state index in [1.54, 1.807) is 6.20 Å². The van der Waals surface area contributed by atoms with Crippen molar-refractivity contribution >= 4 is 21.6 Å². The van der Waals surface area contributed by atoms with E-state index in [-0.39, 0.29) is 17.0 Å². The third kappa shape index (κ3) is 4.06. The van der Waals surface area contributed by atoms with E-state index in [0.717, 1.165) is 12.2 Å². The van der Waals surface area contributed by atoms with Gasteiger partial charge >= 0.3 is 0 Å². The predicted molar refractivity (Wildman–Crippen MR) is 83.7 cm³/mol. The zero-order valence-electron chi connectivity index (χ0n) is 12.6. The van der Waals surface area contributed by atoms with Crippen molar-refractivity contribution in [2.45, 2.75) is 47.6 Å². The number of hydrogen-bond donors (Lipinski definition) is 1. The summed E-state index contributed by atoms with van der Waals surface area (Å²) in [6.45, 7) is 13.5. The van der Waals surface area contributed by atoms with E-state index in [1.807, 2.05) is 13.8 Å². The molecule has 1 rings (SSSR count). The van der Waals surface area contributed by atoms with Gasteiger partial charge in [0.2, 0.25) is 0 Å². The van der Waals surface area contributed by atoms with Gasteiger partial charge < -0.3 is 5.32 Å². The first-order valence-corrected chi connectivity index (χ1v) is 7.45. The van der Waals surface area contributed by atoms with Crippen molar-refractivity contribution in [3.05, 3.63) is 21.0 Å². The number of aromatic nitrogens is 2. The first-order chi connectivity index (χ1) is 8.64. The third-order valence-electron chi connectivity index (χ3n) is 3.51. The van der Waals surface area contributed by atoms with Crippen molar-refractivity contribution in [3.63, 3.8) is 0 Å². The van der Waals surface area contributed by atoms with Crippen LogP contribution in [0.5, 0.6) is 0 Å². The highest BCUT2D eigenvalue weighted by molar-refractivity contribution is 9.10. The van der Waals surface area contributed by atoms with Crippen molar-refractivity contribution in [1.82, 2.24) is 9.78 Å². The highest BCUT2D eigenvalue weighted by atomic mass is 79.9.